The lowest BCUT2D eigenvalue weighted by molar-refractivity contribution is 0.0953. The number of benzene rings is 4. The number of aliphatic hydroxyl groups is 1. The van der Waals surface area contributed by atoms with Gasteiger partial charge < -0.3 is 15.5 Å². The molecule has 4 rings (SSSR count). The molecule has 0 spiro atoms. The van der Waals surface area contributed by atoms with E-state index >= 15 is 0 Å². The quantitative estimate of drug-likeness (QED) is 0.175. The predicted octanol–water partition coefficient (Wildman–Crippen LogP) is 6.91. The van der Waals surface area contributed by atoms with Crippen molar-refractivity contribution in [2.24, 2.45) is 10.2 Å². The number of unbranched alkanes of at least 4 members (excludes halogenated alkanes) is 3. The molecule has 0 atom stereocenters. The molecule has 0 aliphatic heterocycles. The van der Waals surface area contributed by atoms with Gasteiger partial charge in [0, 0.05) is 24.1 Å². The highest BCUT2D eigenvalue weighted by molar-refractivity contribution is 5.96. The van der Waals surface area contributed by atoms with Crippen LogP contribution in [0.3, 0.4) is 0 Å². The highest BCUT2D eigenvalue weighted by Crippen LogP contribution is 2.36. The number of carbonyl (C=O) groups is 1. The van der Waals surface area contributed by atoms with Crippen molar-refractivity contribution in [2.75, 3.05) is 13.2 Å². The first kappa shape index (κ1) is 24.1. The Morgan fingerprint density at radius 2 is 1.57 bits per heavy atom. The van der Waals surface area contributed by atoms with Gasteiger partial charge in [0.05, 0.1) is 5.69 Å². The summed E-state index contributed by atoms with van der Waals surface area (Å²) in [6.45, 7) is 0.844. The molecule has 1 amide bonds. The molecule has 0 aliphatic rings. The second kappa shape index (κ2) is 11.9. The van der Waals surface area contributed by atoms with Crippen molar-refractivity contribution in [1.82, 2.24) is 5.32 Å². The molecule has 4 aromatic rings. The number of amides is 1. The standard InChI is InChI=1S/C29H29N3O3/c33-19-6-2-1-5-18-30-29(35)24-10-7-9-23(20-24)21-12-15-25(16-13-21)31-32-28-26-11-4-3-8-22(26)14-17-27(28)34/h3-4,7-17,20,33-34H,1-2,5-6,18-19H2,(H,30,35)/b32-31+. The summed E-state index contributed by atoms with van der Waals surface area (Å²) in [5, 5.41) is 32.5. The fourth-order valence-corrected chi connectivity index (χ4v) is 3.91. The fraction of sp³-hybridized carbons (Fsp3) is 0.207. The Kier molecular flexibility index (Phi) is 8.20. The Bertz CT molecular complexity index is 1320. The van der Waals surface area contributed by atoms with Crippen LogP contribution in [-0.4, -0.2) is 29.3 Å². The van der Waals surface area contributed by atoms with Crippen LogP contribution in [0.25, 0.3) is 21.9 Å². The second-order valence-corrected chi connectivity index (χ2v) is 8.38. The van der Waals surface area contributed by atoms with Crippen LogP contribution in [0.15, 0.2) is 95.2 Å². The van der Waals surface area contributed by atoms with Crippen LogP contribution in [0.5, 0.6) is 5.75 Å². The molecule has 0 aromatic heterocycles. The van der Waals surface area contributed by atoms with E-state index in [0.717, 1.165) is 47.6 Å². The van der Waals surface area contributed by atoms with E-state index < -0.39 is 0 Å². The van der Waals surface area contributed by atoms with Gasteiger partial charge in [0.25, 0.3) is 5.91 Å². The minimum Gasteiger partial charge on any atom is -0.506 e. The number of carbonyl (C=O) groups excluding carboxylic acids is 1. The second-order valence-electron chi connectivity index (χ2n) is 8.38. The molecular weight excluding hydrogens is 438 g/mol. The van der Waals surface area contributed by atoms with Gasteiger partial charge in [-0.2, -0.15) is 5.11 Å². The molecule has 0 unspecified atom stereocenters. The molecule has 6 nitrogen and oxygen atoms in total. The Balaban J connectivity index is 1.42. The van der Waals surface area contributed by atoms with Crippen molar-refractivity contribution < 1.29 is 15.0 Å². The monoisotopic (exact) mass is 467 g/mol. The van der Waals surface area contributed by atoms with E-state index in [2.05, 4.69) is 15.5 Å². The zero-order chi connectivity index (χ0) is 24.5. The summed E-state index contributed by atoms with van der Waals surface area (Å²) in [5.41, 5.74) is 3.63. The maximum atomic E-state index is 12.5. The molecule has 0 heterocycles. The average molecular weight is 468 g/mol. The number of azo groups is 1. The normalized spacial score (nSPS) is 11.2. The van der Waals surface area contributed by atoms with Gasteiger partial charge in [-0.15, -0.1) is 5.11 Å². The number of nitrogens with zero attached hydrogens (tertiary/aromatic N) is 2. The number of aromatic hydroxyl groups is 1. The molecule has 0 fully saturated rings. The summed E-state index contributed by atoms with van der Waals surface area (Å²) in [5.74, 6) is -0.00125. The number of nitrogens with one attached hydrogen (secondary N) is 1. The van der Waals surface area contributed by atoms with Gasteiger partial charge in [-0.1, -0.05) is 67.4 Å². The molecule has 35 heavy (non-hydrogen) atoms. The highest BCUT2D eigenvalue weighted by Gasteiger charge is 2.08. The van der Waals surface area contributed by atoms with E-state index in [9.17, 15) is 9.90 Å². The third-order valence-corrected chi connectivity index (χ3v) is 5.84. The zero-order valence-corrected chi connectivity index (χ0v) is 19.5. The molecule has 4 aromatic carbocycles. The number of aliphatic hydroxyl groups excluding tert-OH is 1. The molecule has 6 heteroatoms. The van der Waals surface area contributed by atoms with Crippen LogP contribution in [0.2, 0.25) is 0 Å². The Hall–Kier alpha value is -4.03. The van der Waals surface area contributed by atoms with Crippen molar-refractivity contribution in [3.05, 3.63) is 90.5 Å². The van der Waals surface area contributed by atoms with E-state index in [0.29, 0.717) is 23.5 Å². The minimum atomic E-state index is -0.0886. The largest absolute Gasteiger partial charge is 0.506 e. The van der Waals surface area contributed by atoms with Crippen LogP contribution < -0.4 is 5.32 Å². The van der Waals surface area contributed by atoms with E-state index in [1.807, 2.05) is 78.9 Å². The van der Waals surface area contributed by atoms with E-state index in [1.54, 1.807) is 6.07 Å². The van der Waals surface area contributed by atoms with Gasteiger partial charge in [0.15, 0.2) is 0 Å². The third kappa shape index (κ3) is 6.31. The zero-order valence-electron chi connectivity index (χ0n) is 19.5. The summed E-state index contributed by atoms with van der Waals surface area (Å²) in [7, 11) is 0. The van der Waals surface area contributed by atoms with E-state index in [4.69, 9.17) is 5.11 Å². The topological polar surface area (TPSA) is 94.3 Å². The summed E-state index contributed by atoms with van der Waals surface area (Å²) in [4.78, 5) is 12.5. The molecule has 3 N–H and O–H groups in total. The summed E-state index contributed by atoms with van der Waals surface area (Å²) >= 11 is 0. The van der Waals surface area contributed by atoms with Crippen molar-refractivity contribution >= 4 is 28.1 Å². The summed E-state index contributed by atoms with van der Waals surface area (Å²) in [6.07, 6.45) is 3.67. The third-order valence-electron chi connectivity index (χ3n) is 5.84. The van der Waals surface area contributed by atoms with Gasteiger partial charge in [-0.05, 0) is 59.7 Å². The molecule has 0 saturated carbocycles. The summed E-state index contributed by atoms with van der Waals surface area (Å²) in [6, 6.07) is 26.3. The Morgan fingerprint density at radius 3 is 2.40 bits per heavy atom. The summed E-state index contributed by atoms with van der Waals surface area (Å²) < 4.78 is 0. The number of phenols is 1. The number of fused-ring (bicyclic) bond motifs is 1. The molecule has 0 aliphatic carbocycles. The van der Waals surface area contributed by atoms with Crippen molar-refractivity contribution in [2.45, 2.75) is 25.7 Å². The van der Waals surface area contributed by atoms with Gasteiger partial charge in [-0.25, -0.2) is 0 Å². The SMILES string of the molecule is O=C(NCCCCCCO)c1cccc(-c2ccc(/N=N/c3c(O)ccc4ccccc34)cc2)c1. The van der Waals surface area contributed by atoms with Crippen LogP contribution >= 0.6 is 0 Å². The fourth-order valence-electron chi connectivity index (χ4n) is 3.91. The van der Waals surface area contributed by atoms with E-state index in [-0.39, 0.29) is 18.3 Å². The maximum absolute atomic E-state index is 12.5. The van der Waals surface area contributed by atoms with Crippen LogP contribution in [0.1, 0.15) is 36.0 Å². The first-order chi connectivity index (χ1) is 17.2. The van der Waals surface area contributed by atoms with Crippen molar-refractivity contribution in [3.8, 4) is 16.9 Å². The molecule has 178 valence electrons. The van der Waals surface area contributed by atoms with Crippen molar-refractivity contribution in [1.29, 1.82) is 0 Å². The Morgan fingerprint density at radius 1 is 0.771 bits per heavy atom. The Labute approximate surface area is 205 Å². The molecule has 0 saturated heterocycles. The number of rotatable bonds is 10. The lowest BCUT2D eigenvalue weighted by atomic mass is 10.0. The molecule has 0 bridgehead atoms. The predicted molar refractivity (Wildman–Crippen MR) is 140 cm³/mol. The lowest BCUT2D eigenvalue weighted by Gasteiger charge is -2.08. The lowest BCUT2D eigenvalue weighted by Crippen LogP contribution is -2.24. The van der Waals surface area contributed by atoms with Crippen LogP contribution in [-0.2, 0) is 0 Å². The van der Waals surface area contributed by atoms with Crippen molar-refractivity contribution in [3.63, 3.8) is 0 Å². The van der Waals surface area contributed by atoms with Gasteiger partial charge >= 0.3 is 0 Å². The number of phenolic OH excluding ortho intramolecular Hbond substituents is 1. The number of hydrogen-bond donors (Lipinski definition) is 3. The van der Waals surface area contributed by atoms with Crippen LogP contribution in [0, 0.1) is 0 Å². The average Bonchev–Trinajstić information content (AvgIpc) is 2.90. The minimum absolute atomic E-state index is 0.0873. The highest BCUT2D eigenvalue weighted by atomic mass is 16.3. The molecular formula is C29H29N3O3. The van der Waals surface area contributed by atoms with E-state index in [1.165, 1.54) is 0 Å². The molecule has 0 radical (unpaired) electrons. The van der Waals surface area contributed by atoms with Gasteiger partial charge in [0.1, 0.15) is 11.4 Å². The smallest absolute Gasteiger partial charge is 0.251 e. The van der Waals surface area contributed by atoms with Gasteiger partial charge in [-0.3, -0.25) is 4.79 Å². The first-order valence-corrected chi connectivity index (χ1v) is 11.9. The first-order valence-electron chi connectivity index (χ1n) is 11.9. The maximum Gasteiger partial charge on any atom is 0.251 e. The van der Waals surface area contributed by atoms with Gasteiger partial charge in [0.2, 0.25) is 0 Å². The van der Waals surface area contributed by atoms with Crippen LogP contribution in [0.4, 0.5) is 11.4 Å². The number of hydrogen-bond acceptors (Lipinski definition) is 5.